The molecule has 6 rings (SSSR count). The number of anilines is 1. The lowest BCUT2D eigenvalue weighted by molar-refractivity contribution is 0.0500. The first kappa shape index (κ1) is 26.2. The van der Waals surface area contributed by atoms with Gasteiger partial charge in [-0.25, -0.2) is 14.5 Å². The van der Waals surface area contributed by atoms with Gasteiger partial charge in [-0.05, 0) is 88.1 Å². The lowest BCUT2D eigenvalue weighted by atomic mass is 10.0. The summed E-state index contributed by atoms with van der Waals surface area (Å²) >= 11 is 0. The van der Waals surface area contributed by atoms with E-state index >= 15 is 0 Å². The molecule has 40 heavy (non-hydrogen) atoms. The standard InChI is InChI=1S/C31H37N7O2/c1-5-20-13-22(16-32-15-20)26-14-27-23(17-33-26)18-34-38(27)28-11-10-25(21-8-9-21)29(36-28)37-12-6-7-24(19-37)35-30(39)40-31(2,3)4/h10-11,13-18,21,24H,5-9,12,19H2,1-4H3,(H,35,39). The zero-order valence-corrected chi connectivity index (χ0v) is 23.7. The molecule has 0 aromatic carbocycles. The monoisotopic (exact) mass is 539 g/mol. The van der Waals surface area contributed by atoms with Crippen LogP contribution in [0, 0.1) is 0 Å². The Morgan fingerprint density at radius 2 is 1.95 bits per heavy atom. The summed E-state index contributed by atoms with van der Waals surface area (Å²) < 4.78 is 7.41. The zero-order valence-electron chi connectivity index (χ0n) is 23.7. The first-order valence-corrected chi connectivity index (χ1v) is 14.3. The van der Waals surface area contributed by atoms with Crippen LogP contribution in [0.5, 0.6) is 0 Å². The summed E-state index contributed by atoms with van der Waals surface area (Å²) in [4.78, 5) is 29.1. The molecule has 1 amide bonds. The number of fused-ring (bicyclic) bond motifs is 1. The highest BCUT2D eigenvalue weighted by molar-refractivity contribution is 5.83. The Balaban J connectivity index is 1.31. The van der Waals surface area contributed by atoms with Crippen LogP contribution in [0.25, 0.3) is 28.0 Å². The third-order valence-electron chi connectivity index (χ3n) is 7.52. The second-order valence-electron chi connectivity index (χ2n) is 11.9. The third kappa shape index (κ3) is 5.64. The van der Waals surface area contributed by atoms with Crippen molar-refractivity contribution in [1.82, 2.24) is 30.0 Å². The van der Waals surface area contributed by atoms with Gasteiger partial charge in [0.2, 0.25) is 0 Å². The molecule has 9 heteroatoms. The normalized spacial score (nSPS) is 17.7. The van der Waals surface area contributed by atoms with Gasteiger partial charge in [0, 0.05) is 48.7 Å². The number of pyridine rings is 3. The molecule has 9 nitrogen and oxygen atoms in total. The van der Waals surface area contributed by atoms with Crippen LogP contribution < -0.4 is 10.2 Å². The van der Waals surface area contributed by atoms with E-state index in [2.05, 4.69) is 51.4 Å². The predicted octanol–water partition coefficient (Wildman–Crippen LogP) is 5.81. The van der Waals surface area contributed by atoms with E-state index in [1.54, 1.807) is 0 Å². The number of piperidine rings is 1. The molecule has 1 N–H and O–H groups in total. The zero-order chi connectivity index (χ0) is 27.9. The molecule has 5 heterocycles. The smallest absolute Gasteiger partial charge is 0.407 e. The van der Waals surface area contributed by atoms with Crippen molar-refractivity contribution in [3.8, 4) is 17.1 Å². The number of amides is 1. The van der Waals surface area contributed by atoms with Crippen LogP contribution in [-0.4, -0.2) is 55.6 Å². The maximum atomic E-state index is 12.5. The Labute approximate surface area is 235 Å². The number of hydrogen-bond acceptors (Lipinski definition) is 7. The fourth-order valence-electron chi connectivity index (χ4n) is 5.38. The van der Waals surface area contributed by atoms with Crippen LogP contribution in [-0.2, 0) is 11.2 Å². The lowest BCUT2D eigenvalue weighted by Gasteiger charge is -2.35. The minimum Gasteiger partial charge on any atom is -0.444 e. The Kier molecular flexibility index (Phi) is 6.90. The average molecular weight is 540 g/mol. The van der Waals surface area contributed by atoms with Crippen LogP contribution in [0.3, 0.4) is 0 Å². The first-order valence-electron chi connectivity index (χ1n) is 14.3. The van der Waals surface area contributed by atoms with Crippen LogP contribution in [0.2, 0.25) is 0 Å². The van der Waals surface area contributed by atoms with E-state index in [1.807, 2.05) is 50.2 Å². The fraction of sp³-hybridized carbons (Fsp3) is 0.452. The van der Waals surface area contributed by atoms with Gasteiger partial charge in [-0.15, -0.1) is 0 Å². The molecule has 4 aromatic heterocycles. The third-order valence-corrected chi connectivity index (χ3v) is 7.52. The van der Waals surface area contributed by atoms with Crippen LogP contribution >= 0.6 is 0 Å². The molecular formula is C31H37N7O2. The van der Waals surface area contributed by atoms with Gasteiger partial charge in [0.15, 0.2) is 5.82 Å². The Morgan fingerprint density at radius 1 is 1.10 bits per heavy atom. The van der Waals surface area contributed by atoms with Crippen LogP contribution in [0.15, 0.2) is 49.1 Å². The maximum absolute atomic E-state index is 12.5. The lowest BCUT2D eigenvalue weighted by Crippen LogP contribution is -2.49. The quantitative estimate of drug-likeness (QED) is 0.330. The molecule has 1 unspecified atom stereocenters. The van der Waals surface area contributed by atoms with Gasteiger partial charge in [0.05, 0.1) is 17.4 Å². The number of alkyl carbamates (subject to hydrolysis) is 1. The molecule has 2 fully saturated rings. The minimum atomic E-state index is -0.523. The summed E-state index contributed by atoms with van der Waals surface area (Å²) in [7, 11) is 0. The minimum absolute atomic E-state index is 0.00719. The average Bonchev–Trinajstić information content (AvgIpc) is 3.70. The van der Waals surface area contributed by atoms with Gasteiger partial charge in [-0.1, -0.05) is 13.0 Å². The number of hydrogen-bond donors (Lipinski definition) is 1. The molecule has 1 aliphatic carbocycles. The summed E-state index contributed by atoms with van der Waals surface area (Å²) in [6.45, 7) is 9.37. The van der Waals surface area contributed by atoms with Crippen molar-refractivity contribution < 1.29 is 9.53 Å². The van der Waals surface area contributed by atoms with Gasteiger partial charge in [-0.2, -0.15) is 5.10 Å². The van der Waals surface area contributed by atoms with E-state index in [0.717, 1.165) is 59.6 Å². The van der Waals surface area contributed by atoms with Gasteiger partial charge >= 0.3 is 6.09 Å². The van der Waals surface area contributed by atoms with E-state index in [0.29, 0.717) is 12.5 Å². The summed E-state index contributed by atoms with van der Waals surface area (Å²) in [6, 6.07) is 8.50. The van der Waals surface area contributed by atoms with Crippen molar-refractivity contribution in [2.24, 2.45) is 0 Å². The van der Waals surface area contributed by atoms with E-state index in [4.69, 9.17) is 14.8 Å². The highest BCUT2D eigenvalue weighted by Crippen LogP contribution is 2.44. The van der Waals surface area contributed by atoms with Crippen molar-refractivity contribution in [3.63, 3.8) is 0 Å². The molecular weight excluding hydrogens is 502 g/mol. The fourth-order valence-corrected chi connectivity index (χ4v) is 5.38. The molecule has 4 aromatic rings. The Hall–Kier alpha value is -4.01. The van der Waals surface area contributed by atoms with E-state index in [-0.39, 0.29) is 12.1 Å². The molecule has 1 saturated heterocycles. The van der Waals surface area contributed by atoms with Gasteiger partial charge in [0.25, 0.3) is 0 Å². The largest absolute Gasteiger partial charge is 0.444 e. The van der Waals surface area contributed by atoms with Crippen molar-refractivity contribution in [1.29, 1.82) is 0 Å². The van der Waals surface area contributed by atoms with E-state index in [9.17, 15) is 4.79 Å². The van der Waals surface area contributed by atoms with Crippen molar-refractivity contribution in [3.05, 3.63) is 60.2 Å². The molecule has 2 aliphatic rings. The molecule has 1 atom stereocenters. The number of carbonyl (C=O) groups is 1. The van der Waals surface area contributed by atoms with Gasteiger partial charge < -0.3 is 15.0 Å². The Morgan fingerprint density at radius 3 is 2.73 bits per heavy atom. The molecule has 1 aliphatic heterocycles. The maximum Gasteiger partial charge on any atom is 0.407 e. The number of nitrogens with zero attached hydrogens (tertiary/aromatic N) is 6. The number of ether oxygens (including phenoxy) is 1. The SMILES string of the molecule is CCc1cncc(-c2cc3c(cn2)cnn3-c2ccc(C3CC3)c(N3CCCC(NC(=O)OC(C)(C)C)C3)n2)c1. The van der Waals surface area contributed by atoms with Crippen LogP contribution in [0.1, 0.15) is 70.4 Å². The van der Waals surface area contributed by atoms with E-state index in [1.165, 1.54) is 24.0 Å². The topological polar surface area (TPSA) is 98.1 Å². The van der Waals surface area contributed by atoms with Crippen molar-refractivity contribution in [2.75, 3.05) is 18.0 Å². The molecule has 0 radical (unpaired) electrons. The predicted molar refractivity (Wildman–Crippen MR) is 156 cm³/mol. The van der Waals surface area contributed by atoms with Gasteiger partial charge in [-0.3, -0.25) is 9.97 Å². The molecule has 1 saturated carbocycles. The number of rotatable bonds is 6. The molecule has 0 spiro atoms. The second kappa shape index (κ2) is 10.5. The highest BCUT2D eigenvalue weighted by atomic mass is 16.6. The summed E-state index contributed by atoms with van der Waals surface area (Å²) in [5.41, 5.74) is 4.74. The Bertz CT molecular complexity index is 1540. The van der Waals surface area contributed by atoms with Gasteiger partial charge in [0.1, 0.15) is 11.4 Å². The first-order chi connectivity index (χ1) is 19.3. The summed E-state index contributed by atoms with van der Waals surface area (Å²) in [6.07, 6.45) is 12.3. The molecule has 208 valence electrons. The number of aromatic nitrogens is 5. The number of carbonyl (C=O) groups excluding carboxylic acids is 1. The summed E-state index contributed by atoms with van der Waals surface area (Å²) in [5.74, 6) is 2.31. The molecule has 0 bridgehead atoms. The van der Waals surface area contributed by atoms with Crippen molar-refractivity contribution in [2.45, 2.75) is 77.4 Å². The number of aryl methyl sites for hydroxylation is 1. The highest BCUT2D eigenvalue weighted by Gasteiger charge is 2.32. The van der Waals surface area contributed by atoms with Crippen LogP contribution in [0.4, 0.5) is 10.6 Å². The number of nitrogens with one attached hydrogen (secondary N) is 1. The summed E-state index contributed by atoms with van der Waals surface area (Å²) in [5, 5.41) is 8.74. The second-order valence-corrected chi connectivity index (χ2v) is 11.9. The van der Waals surface area contributed by atoms with E-state index < -0.39 is 5.60 Å². The van der Waals surface area contributed by atoms with Crippen molar-refractivity contribution >= 4 is 22.8 Å².